The normalized spacial score (nSPS) is 18.1. The summed E-state index contributed by atoms with van der Waals surface area (Å²) < 4.78 is 14.8. The fraction of sp³-hybridized carbons (Fsp3) is 0.429. The summed E-state index contributed by atoms with van der Waals surface area (Å²) in [5, 5.41) is 0. The fourth-order valence-corrected chi connectivity index (χ4v) is 3.04. The van der Waals surface area contributed by atoms with Crippen LogP contribution < -0.4 is 11.3 Å². The summed E-state index contributed by atoms with van der Waals surface area (Å²) in [6.07, 6.45) is 7.83. The average Bonchev–Trinajstić information content (AvgIpc) is 2.63. The molecule has 1 atom stereocenters. The smallest absolute Gasteiger partial charge is 0.129 e. The fourth-order valence-electron chi connectivity index (χ4n) is 2.46. The van der Waals surface area contributed by atoms with E-state index in [9.17, 15) is 4.39 Å². The van der Waals surface area contributed by atoms with Gasteiger partial charge in [-0.1, -0.05) is 40.1 Å². The minimum atomic E-state index is -0.237. The summed E-state index contributed by atoms with van der Waals surface area (Å²) in [7, 11) is 0. The molecule has 1 aliphatic rings. The second kappa shape index (κ2) is 6.45. The summed E-state index contributed by atoms with van der Waals surface area (Å²) in [6, 6.07) is 4.78. The molecule has 0 saturated heterocycles. The van der Waals surface area contributed by atoms with Crippen molar-refractivity contribution in [2.75, 3.05) is 0 Å². The quantitative estimate of drug-likeness (QED) is 0.503. The summed E-state index contributed by atoms with van der Waals surface area (Å²) in [6.45, 7) is 0. The number of hydrazine groups is 1. The van der Waals surface area contributed by atoms with Gasteiger partial charge in [0, 0.05) is 10.0 Å². The van der Waals surface area contributed by atoms with Gasteiger partial charge in [-0.05, 0) is 37.8 Å². The molecule has 18 heavy (non-hydrogen) atoms. The standard InChI is InChI=1S/C14H18BrFN2/c15-11-8-5-9-12(16)13(11)14(18-17)10-6-3-1-2-4-7-10/h5-6,8-9,14,18H,1-4,7,17H2. The molecule has 1 aliphatic carbocycles. The van der Waals surface area contributed by atoms with Crippen molar-refractivity contribution in [1.29, 1.82) is 0 Å². The van der Waals surface area contributed by atoms with Crippen LogP contribution in [0.25, 0.3) is 0 Å². The Morgan fingerprint density at radius 2 is 2.11 bits per heavy atom. The van der Waals surface area contributed by atoms with Crippen molar-refractivity contribution < 1.29 is 4.39 Å². The van der Waals surface area contributed by atoms with E-state index in [2.05, 4.69) is 27.4 Å². The van der Waals surface area contributed by atoms with Crippen molar-refractivity contribution in [3.8, 4) is 0 Å². The molecule has 2 nitrogen and oxygen atoms in total. The van der Waals surface area contributed by atoms with Gasteiger partial charge < -0.3 is 0 Å². The van der Waals surface area contributed by atoms with Crippen LogP contribution in [0.1, 0.15) is 43.7 Å². The molecule has 1 aromatic rings. The Bertz CT molecular complexity index is 425. The Morgan fingerprint density at radius 3 is 2.83 bits per heavy atom. The SMILES string of the molecule is NNC(C1=CCCCCC1)c1c(F)cccc1Br. The molecule has 0 amide bonds. The van der Waals surface area contributed by atoms with Crippen LogP contribution in [0.2, 0.25) is 0 Å². The first kappa shape index (κ1) is 13.7. The zero-order valence-electron chi connectivity index (χ0n) is 10.3. The highest BCUT2D eigenvalue weighted by molar-refractivity contribution is 9.10. The van der Waals surface area contributed by atoms with E-state index in [-0.39, 0.29) is 11.9 Å². The maximum absolute atomic E-state index is 14.0. The molecule has 0 fully saturated rings. The van der Waals surface area contributed by atoms with Gasteiger partial charge in [0.05, 0.1) is 6.04 Å². The van der Waals surface area contributed by atoms with Crippen LogP contribution in [0.3, 0.4) is 0 Å². The van der Waals surface area contributed by atoms with Crippen molar-refractivity contribution >= 4 is 15.9 Å². The molecule has 1 unspecified atom stereocenters. The monoisotopic (exact) mass is 312 g/mol. The number of nitrogens with one attached hydrogen (secondary N) is 1. The highest BCUT2D eigenvalue weighted by Gasteiger charge is 2.21. The van der Waals surface area contributed by atoms with E-state index in [1.165, 1.54) is 24.5 Å². The second-order valence-electron chi connectivity index (χ2n) is 4.61. The molecule has 0 aliphatic heterocycles. The predicted octanol–water partition coefficient (Wildman–Crippen LogP) is 3.98. The number of halogens is 2. The van der Waals surface area contributed by atoms with E-state index >= 15 is 0 Å². The Balaban J connectivity index is 2.35. The average molecular weight is 313 g/mol. The van der Waals surface area contributed by atoms with Gasteiger partial charge in [-0.25, -0.2) is 9.82 Å². The van der Waals surface area contributed by atoms with Crippen molar-refractivity contribution in [3.63, 3.8) is 0 Å². The van der Waals surface area contributed by atoms with Crippen molar-refractivity contribution in [1.82, 2.24) is 5.43 Å². The molecule has 0 saturated carbocycles. The molecule has 1 aromatic carbocycles. The van der Waals surface area contributed by atoms with Crippen LogP contribution in [0.15, 0.2) is 34.3 Å². The van der Waals surface area contributed by atoms with Crippen molar-refractivity contribution in [2.45, 2.75) is 38.1 Å². The predicted molar refractivity (Wildman–Crippen MR) is 75.3 cm³/mol. The summed E-state index contributed by atoms with van der Waals surface area (Å²) in [4.78, 5) is 0. The molecule has 0 spiro atoms. The minimum Gasteiger partial charge on any atom is -0.271 e. The first-order chi connectivity index (χ1) is 8.74. The molecule has 0 aromatic heterocycles. The van der Waals surface area contributed by atoms with E-state index in [1.54, 1.807) is 6.07 Å². The van der Waals surface area contributed by atoms with Gasteiger partial charge in [0.2, 0.25) is 0 Å². The lowest BCUT2D eigenvalue weighted by molar-refractivity contribution is 0.539. The van der Waals surface area contributed by atoms with Crippen LogP contribution in [0.4, 0.5) is 4.39 Å². The van der Waals surface area contributed by atoms with E-state index < -0.39 is 0 Å². The number of nitrogens with two attached hydrogens (primary N) is 1. The lowest BCUT2D eigenvalue weighted by Crippen LogP contribution is -2.30. The number of hydrogen-bond acceptors (Lipinski definition) is 2. The summed E-state index contributed by atoms with van der Waals surface area (Å²) in [5.74, 6) is 5.42. The van der Waals surface area contributed by atoms with Crippen LogP contribution in [-0.2, 0) is 0 Å². The molecular weight excluding hydrogens is 295 g/mol. The Labute approximate surface area is 116 Å². The molecule has 3 N–H and O–H groups in total. The molecule has 0 radical (unpaired) electrons. The van der Waals surface area contributed by atoms with E-state index in [0.29, 0.717) is 5.56 Å². The van der Waals surface area contributed by atoms with Gasteiger partial charge in [-0.15, -0.1) is 0 Å². The zero-order chi connectivity index (χ0) is 13.0. The number of benzene rings is 1. The lowest BCUT2D eigenvalue weighted by atomic mass is 9.95. The third kappa shape index (κ3) is 2.99. The molecular formula is C14H18BrFN2. The molecule has 2 rings (SSSR count). The third-order valence-electron chi connectivity index (χ3n) is 3.40. The van der Waals surface area contributed by atoms with Gasteiger partial charge in [0.15, 0.2) is 0 Å². The minimum absolute atomic E-state index is 0.225. The lowest BCUT2D eigenvalue weighted by Gasteiger charge is -2.21. The zero-order valence-corrected chi connectivity index (χ0v) is 11.8. The van der Waals surface area contributed by atoms with Gasteiger partial charge in [-0.2, -0.15) is 0 Å². The molecule has 4 heteroatoms. The van der Waals surface area contributed by atoms with Crippen LogP contribution in [0, 0.1) is 5.82 Å². The Kier molecular flexibility index (Phi) is 4.92. The van der Waals surface area contributed by atoms with Crippen LogP contribution in [0.5, 0.6) is 0 Å². The third-order valence-corrected chi connectivity index (χ3v) is 4.09. The highest BCUT2D eigenvalue weighted by atomic mass is 79.9. The first-order valence-corrected chi connectivity index (χ1v) is 7.12. The van der Waals surface area contributed by atoms with Crippen LogP contribution in [-0.4, -0.2) is 0 Å². The maximum atomic E-state index is 14.0. The maximum Gasteiger partial charge on any atom is 0.129 e. The van der Waals surface area contributed by atoms with E-state index in [4.69, 9.17) is 5.84 Å². The van der Waals surface area contributed by atoms with E-state index in [1.807, 2.05) is 6.07 Å². The molecule has 0 heterocycles. The topological polar surface area (TPSA) is 38.0 Å². The molecule has 0 bridgehead atoms. The number of rotatable bonds is 3. The van der Waals surface area contributed by atoms with Crippen LogP contribution >= 0.6 is 15.9 Å². The number of hydrogen-bond donors (Lipinski definition) is 2. The first-order valence-electron chi connectivity index (χ1n) is 6.33. The second-order valence-corrected chi connectivity index (χ2v) is 5.47. The van der Waals surface area contributed by atoms with E-state index in [0.717, 1.165) is 23.7 Å². The Morgan fingerprint density at radius 1 is 1.28 bits per heavy atom. The van der Waals surface area contributed by atoms with Crippen molar-refractivity contribution in [3.05, 3.63) is 45.7 Å². The molecule has 98 valence electrons. The van der Waals surface area contributed by atoms with Gasteiger partial charge in [0.1, 0.15) is 5.82 Å². The largest absolute Gasteiger partial charge is 0.271 e. The highest BCUT2D eigenvalue weighted by Crippen LogP contribution is 2.34. The number of allylic oxidation sites excluding steroid dienone is 1. The van der Waals surface area contributed by atoms with Gasteiger partial charge in [0.25, 0.3) is 0 Å². The van der Waals surface area contributed by atoms with Gasteiger partial charge in [-0.3, -0.25) is 5.84 Å². The summed E-state index contributed by atoms with van der Waals surface area (Å²) in [5.41, 5.74) is 4.56. The van der Waals surface area contributed by atoms with Crippen molar-refractivity contribution in [2.24, 2.45) is 5.84 Å². The van der Waals surface area contributed by atoms with Gasteiger partial charge >= 0.3 is 0 Å². The summed E-state index contributed by atoms with van der Waals surface area (Å²) >= 11 is 3.41. The Hall–Kier alpha value is -0.710.